The zero-order valence-electron chi connectivity index (χ0n) is 16.0. The second kappa shape index (κ2) is 8.61. The van der Waals surface area contributed by atoms with E-state index in [4.69, 9.17) is 4.74 Å². The van der Waals surface area contributed by atoms with Crippen LogP contribution in [0.2, 0.25) is 0 Å². The van der Waals surface area contributed by atoms with Gasteiger partial charge in [0.2, 0.25) is 5.91 Å². The topological polar surface area (TPSA) is 84.5 Å². The van der Waals surface area contributed by atoms with E-state index in [-0.39, 0.29) is 0 Å². The van der Waals surface area contributed by atoms with Gasteiger partial charge < -0.3 is 15.4 Å². The molecule has 1 aliphatic carbocycles. The zero-order chi connectivity index (χ0) is 19.3. The van der Waals surface area contributed by atoms with Gasteiger partial charge in [-0.2, -0.15) is 0 Å². The lowest BCUT2D eigenvalue weighted by Crippen LogP contribution is -2.55. The molecule has 3 rings (SSSR count). The summed E-state index contributed by atoms with van der Waals surface area (Å²) in [5, 5.41) is 5.91. The van der Waals surface area contributed by atoms with E-state index in [1.807, 2.05) is 12.1 Å². The van der Waals surface area contributed by atoms with Gasteiger partial charge in [0, 0.05) is 11.9 Å². The molecule has 150 valence electrons. The van der Waals surface area contributed by atoms with E-state index in [0.29, 0.717) is 37.5 Å². The molecule has 2 aliphatic rings. The van der Waals surface area contributed by atoms with Crippen LogP contribution in [-0.2, 0) is 14.6 Å². The summed E-state index contributed by atoms with van der Waals surface area (Å²) in [4.78, 5) is 12.8. The third kappa shape index (κ3) is 4.82. The van der Waals surface area contributed by atoms with Crippen LogP contribution in [-0.4, -0.2) is 45.0 Å². The number of benzene rings is 1. The summed E-state index contributed by atoms with van der Waals surface area (Å²) >= 11 is 0. The molecule has 0 radical (unpaired) electrons. The van der Waals surface area contributed by atoms with Gasteiger partial charge in [-0.1, -0.05) is 19.3 Å². The SMILES string of the molecule is CS(=O)(=O)C1(C(=O)Nc2ccc(OCC3CCCCC3)cc2)CCNCC1. The first-order valence-electron chi connectivity index (χ1n) is 9.85. The standard InChI is InChI=1S/C20H30N2O4S/c1-27(24,25)20(11-13-21-14-12-20)19(23)22-17-7-9-18(10-8-17)26-15-16-5-3-2-4-6-16/h7-10,16,21H,2-6,11-15H2,1H3,(H,22,23). The smallest absolute Gasteiger partial charge is 0.245 e. The molecule has 2 N–H and O–H groups in total. The molecule has 27 heavy (non-hydrogen) atoms. The molecule has 1 amide bonds. The molecular formula is C20H30N2O4S. The molecule has 2 fully saturated rings. The van der Waals surface area contributed by atoms with Gasteiger partial charge in [-0.15, -0.1) is 0 Å². The van der Waals surface area contributed by atoms with Gasteiger partial charge in [-0.05, 0) is 69.0 Å². The van der Waals surface area contributed by atoms with E-state index in [1.165, 1.54) is 32.1 Å². The molecule has 1 aliphatic heterocycles. The lowest BCUT2D eigenvalue weighted by atomic mass is 9.90. The molecule has 1 saturated carbocycles. The van der Waals surface area contributed by atoms with Gasteiger partial charge in [0.05, 0.1) is 6.61 Å². The van der Waals surface area contributed by atoms with E-state index in [9.17, 15) is 13.2 Å². The highest BCUT2D eigenvalue weighted by Crippen LogP contribution is 2.30. The van der Waals surface area contributed by atoms with E-state index in [2.05, 4.69) is 10.6 Å². The van der Waals surface area contributed by atoms with Crippen molar-refractivity contribution in [1.82, 2.24) is 5.32 Å². The Morgan fingerprint density at radius 2 is 1.78 bits per heavy atom. The van der Waals surface area contributed by atoms with Crippen molar-refractivity contribution in [3.05, 3.63) is 24.3 Å². The first-order valence-corrected chi connectivity index (χ1v) is 11.7. The monoisotopic (exact) mass is 394 g/mol. The fraction of sp³-hybridized carbons (Fsp3) is 0.650. The summed E-state index contributed by atoms with van der Waals surface area (Å²) in [5.41, 5.74) is 0.589. The highest BCUT2D eigenvalue weighted by atomic mass is 32.2. The number of hydrogen-bond donors (Lipinski definition) is 2. The Balaban J connectivity index is 1.60. The molecule has 0 bridgehead atoms. The molecule has 1 aromatic rings. The Labute approximate surface area is 162 Å². The number of nitrogens with one attached hydrogen (secondary N) is 2. The maximum Gasteiger partial charge on any atom is 0.245 e. The molecule has 0 aromatic heterocycles. The minimum atomic E-state index is -3.51. The second-order valence-electron chi connectivity index (χ2n) is 7.81. The van der Waals surface area contributed by atoms with Crippen molar-refractivity contribution in [2.24, 2.45) is 5.92 Å². The molecule has 7 heteroatoms. The zero-order valence-corrected chi connectivity index (χ0v) is 16.8. The number of sulfone groups is 1. The third-order valence-corrected chi connectivity index (χ3v) is 7.87. The summed E-state index contributed by atoms with van der Waals surface area (Å²) in [6.07, 6.45) is 8.11. The first kappa shape index (κ1) is 20.1. The average Bonchev–Trinajstić information content (AvgIpc) is 2.68. The molecule has 1 aromatic carbocycles. The van der Waals surface area contributed by atoms with E-state index >= 15 is 0 Å². The van der Waals surface area contributed by atoms with Gasteiger partial charge in [0.25, 0.3) is 0 Å². The Bertz CT molecular complexity index is 734. The fourth-order valence-electron chi connectivity index (χ4n) is 4.04. The van der Waals surface area contributed by atoms with Crippen LogP contribution in [0.5, 0.6) is 5.75 Å². The van der Waals surface area contributed by atoms with Crippen molar-refractivity contribution in [1.29, 1.82) is 0 Å². The Morgan fingerprint density at radius 3 is 2.37 bits per heavy atom. The first-order chi connectivity index (χ1) is 12.9. The maximum atomic E-state index is 12.8. The maximum absolute atomic E-state index is 12.8. The normalized spacial score (nSPS) is 20.8. The predicted molar refractivity (Wildman–Crippen MR) is 107 cm³/mol. The van der Waals surface area contributed by atoms with E-state index in [1.54, 1.807) is 12.1 Å². The van der Waals surface area contributed by atoms with Crippen LogP contribution in [0.25, 0.3) is 0 Å². The fourth-order valence-corrected chi connectivity index (χ4v) is 5.38. The predicted octanol–water partition coefficient (Wildman–Crippen LogP) is 2.75. The van der Waals surface area contributed by atoms with Crippen molar-refractivity contribution in [2.45, 2.75) is 49.7 Å². The molecule has 6 nitrogen and oxygen atoms in total. The number of carbonyl (C=O) groups excluding carboxylic acids is 1. The van der Waals surface area contributed by atoms with Crippen LogP contribution in [0.4, 0.5) is 5.69 Å². The summed E-state index contributed by atoms with van der Waals surface area (Å²) in [5.74, 6) is 0.966. The van der Waals surface area contributed by atoms with Crippen molar-refractivity contribution in [2.75, 3.05) is 31.3 Å². The molecule has 1 saturated heterocycles. The minimum Gasteiger partial charge on any atom is -0.493 e. The lowest BCUT2D eigenvalue weighted by molar-refractivity contribution is -0.119. The molecule has 0 spiro atoms. The molecular weight excluding hydrogens is 364 g/mol. The number of anilines is 1. The van der Waals surface area contributed by atoms with Crippen molar-refractivity contribution in [3.8, 4) is 5.75 Å². The number of carbonyl (C=O) groups is 1. The number of rotatable bonds is 6. The molecule has 0 unspecified atom stereocenters. The lowest BCUT2D eigenvalue weighted by Gasteiger charge is -2.34. The van der Waals surface area contributed by atoms with Crippen LogP contribution in [0.15, 0.2) is 24.3 Å². The van der Waals surface area contributed by atoms with Gasteiger partial charge in [-0.25, -0.2) is 8.42 Å². The Kier molecular flexibility index (Phi) is 6.42. The summed E-state index contributed by atoms with van der Waals surface area (Å²) in [6.45, 7) is 1.78. The van der Waals surface area contributed by atoms with Gasteiger partial charge in [-0.3, -0.25) is 4.79 Å². The highest BCUT2D eigenvalue weighted by molar-refractivity contribution is 7.92. The second-order valence-corrected chi connectivity index (χ2v) is 10.1. The van der Waals surface area contributed by atoms with Crippen LogP contribution in [0.3, 0.4) is 0 Å². The Hall–Kier alpha value is -1.60. The largest absolute Gasteiger partial charge is 0.493 e. The van der Waals surface area contributed by atoms with Crippen LogP contribution >= 0.6 is 0 Å². The molecule has 1 heterocycles. The van der Waals surface area contributed by atoms with Crippen molar-refractivity contribution < 1.29 is 17.9 Å². The van der Waals surface area contributed by atoms with Crippen molar-refractivity contribution >= 4 is 21.4 Å². The van der Waals surface area contributed by atoms with Gasteiger partial charge in [0.1, 0.15) is 5.75 Å². The third-order valence-electron chi connectivity index (χ3n) is 5.86. The van der Waals surface area contributed by atoms with E-state index in [0.717, 1.165) is 18.6 Å². The summed E-state index contributed by atoms with van der Waals surface area (Å²) in [6, 6.07) is 7.19. The number of hydrogen-bond acceptors (Lipinski definition) is 5. The number of piperidine rings is 1. The van der Waals surface area contributed by atoms with Crippen LogP contribution < -0.4 is 15.4 Å². The van der Waals surface area contributed by atoms with Crippen LogP contribution in [0.1, 0.15) is 44.9 Å². The minimum absolute atomic E-state index is 0.292. The van der Waals surface area contributed by atoms with Gasteiger partial charge in [0.15, 0.2) is 14.6 Å². The van der Waals surface area contributed by atoms with E-state index < -0.39 is 20.5 Å². The van der Waals surface area contributed by atoms with Crippen LogP contribution in [0, 0.1) is 5.92 Å². The number of amides is 1. The van der Waals surface area contributed by atoms with Gasteiger partial charge >= 0.3 is 0 Å². The summed E-state index contributed by atoms with van der Waals surface area (Å²) < 4.78 is 29.2. The number of ether oxygens (including phenoxy) is 1. The van der Waals surface area contributed by atoms with Crippen molar-refractivity contribution in [3.63, 3.8) is 0 Å². The quantitative estimate of drug-likeness (QED) is 0.775. The average molecular weight is 395 g/mol. The highest BCUT2D eigenvalue weighted by Gasteiger charge is 2.48. The molecule has 0 atom stereocenters. The Morgan fingerprint density at radius 1 is 1.15 bits per heavy atom. The summed E-state index contributed by atoms with van der Waals surface area (Å²) in [7, 11) is -3.51.